The van der Waals surface area contributed by atoms with Crippen LogP contribution in [0.3, 0.4) is 0 Å². The van der Waals surface area contributed by atoms with Crippen molar-refractivity contribution in [3.05, 3.63) is 66.2 Å². The average Bonchev–Trinajstić information content (AvgIpc) is 2.55. The summed E-state index contributed by atoms with van der Waals surface area (Å²) in [7, 11) is -3.47. The standard InChI is InChI=1S/C17H21NO3S/c19-14-12-16(15-7-3-1-4-8-15)11-13-18-22(20,21)17-9-5-2-6-10-17/h1-10,16,18-19H,11-14H2. The predicted molar refractivity (Wildman–Crippen MR) is 87.1 cm³/mol. The molecule has 0 bridgehead atoms. The van der Waals surface area contributed by atoms with Crippen molar-refractivity contribution in [2.75, 3.05) is 13.2 Å². The highest BCUT2D eigenvalue weighted by Gasteiger charge is 2.15. The fourth-order valence-electron chi connectivity index (χ4n) is 2.41. The molecule has 2 aromatic rings. The molecule has 4 nitrogen and oxygen atoms in total. The highest BCUT2D eigenvalue weighted by molar-refractivity contribution is 7.89. The van der Waals surface area contributed by atoms with Gasteiger partial charge in [-0.25, -0.2) is 13.1 Å². The van der Waals surface area contributed by atoms with E-state index in [0.717, 1.165) is 5.56 Å². The Hall–Kier alpha value is -1.69. The van der Waals surface area contributed by atoms with Crippen molar-refractivity contribution in [2.45, 2.75) is 23.7 Å². The van der Waals surface area contributed by atoms with Gasteiger partial charge in [-0.15, -0.1) is 0 Å². The van der Waals surface area contributed by atoms with Crippen LogP contribution in [0.1, 0.15) is 24.3 Å². The molecule has 0 radical (unpaired) electrons. The van der Waals surface area contributed by atoms with Gasteiger partial charge in [-0.05, 0) is 36.5 Å². The van der Waals surface area contributed by atoms with Crippen molar-refractivity contribution in [3.63, 3.8) is 0 Å². The highest BCUT2D eigenvalue weighted by Crippen LogP contribution is 2.22. The first-order chi connectivity index (χ1) is 10.6. The van der Waals surface area contributed by atoms with Crippen LogP contribution < -0.4 is 4.72 Å². The Morgan fingerprint density at radius 1 is 0.909 bits per heavy atom. The zero-order valence-electron chi connectivity index (χ0n) is 12.4. The van der Waals surface area contributed by atoms with Gasteiger partial charge in [0.05, 0.1) is 4.90 Å². The zero-order chi connectivity index (χ0) is 15.8. The van der Waals surface area contributed by atoms with Gasteiger partial charge in [-0.2, -0.15) is 0 Å². The third-order valence-corrected chi connectivity index (χ3v) is 5.06. The molecule has 1 atom stereocenters. The van der Waals surface area contributed by atoms with Gasteiger partial charge in [0, 0.05) is 13.2 Å². The SMILES string of the molecule is O=S(=O)(NCCC(CCO)c1ccccc1)c1ccccc1. The van der Waals surface area contributed by atoms with Gasteiger partial charge in [0.25, 0.3) is 0 Å². The van der Waals surface area contributed by atoms with Gasteiger partial charge < -0.3 is 5.11 Å². The van der Waals surface area contributed by atoms with Crippen LogP contribution in [-0.2, 0) is 10.0 Å². The Balaban J connectivity index is 1.96. The lowest BCUT2D eigenvalue weighted by Crippen LogP contribution is -2.26. The van der Waals surface area contributed by atoms with Crippen molar-refractivity contribution >= 4 is 10.0 Å². The van der Waals surface area contributed by atoms with E-state index in [4.69, 9.17) is 0 Å². The molecule has 0 aliphatic heterocycles. The summed E-state index contributed by atoms with van der Waals surface area (Å²) >= 11 is 0. The van der Waals surface area contributed by atoms with E-state index in [1.807, 2.05) is 30.3 Å². The van der Waals surface area contributed by atoms with Crippen molar-refractivity contribution in [1.29, 1.82) is 0 Å². The van der Waals surface area contributed by atoms with Crippen LogP contribution in [0, 0.1) is 0 Å². The quantitative estimate of drug-likeness (QED) is 0.786. The molecule has 22 heavy (non-hydrogen) atoms. The van der Waals surface area contributed by atoms with Crippen LogP contribution in [0.15, 0.2) is 65.6 Å². The first-order valence-corrected chi connectivity index (χ1v) is 8.82. The van der Waals surface area contributed by atoms with Crippen LogP contribution in [0.2, 0.25) is 0 Å². The van der Waals surface area contributed by atoms with E-state index in [1.54, 1.807) is 30.3 Å². The number of benzene rings is 2. The van der Waals surface area contributed by atoms with E-state index in [-0.39, 0.29) is 17.4 Å². The summed E-state index contributed by atoms with van der Waals surface area (Å²) in [5.41, 5.74) is 1.12. The molecular formula is C17H21NO3S. The van der Waals surface area contributed by atoms with Crippen molar-refractivity contribution < 1.29 is 13.5 Å². The van der Waals surface area contributed by atoms with Gasteiger partial charge in [-0.1, -0.05) is 48.5 Å². The van der Waals surface area contributed by atoms with Crippen molar-refractivity contribution in [1.82, 2.24) is 4.72 Å². The van der Waals surface area contributed by atoms with Gasteiger partial charge in [0.2, 0.25) is 10.0 Å². The summed E-state index contributed by atoms with van der Waals surface area (Å²) in [4.78, 5) is 0.272. The second kappa shape index (κ2) is 8.08. The molecule has 2 rings (SSSR count). The van der Waals surface area contributed by atoms with Crippen LogP contribution in [0.5, 0.6) is 0 Å². The van der Waals surface area contributed by atoms with Crippen molar-refractivity contribution in [3.8, 4) is 0 Å². The molecule has 0 heterocycles. The maximum atomic E-state index is 12.1. The topological polar surface area (TPSA) is 66.4 Å². The smallest absolute Gasteiger partial charge is 0.240 e. The third-order valence-electron chi connectivity index (χ3n) is 3.59. The van der Waals surface area contributed by atoms with E-state index in [1.165, 1.54) is 0 Å². The largest absolute Gasteiger partial charge is 0.396 e. The molecule has 2 aromatic carbocycles. The molecule has 0 saturated carbocycles. The lowest BCUT2D eigenvalue weighted by molar-refractivity contribution is 0.273. The molecule has 1 unspecified atom stereocenters. The van der Waals surface area contributed by atoms with Crippen LogP contribution in [-0.4, -0.2) is 26.7 Å². The van der Waals surface area contributed by atoms with Gasteiger partial charge >= 0.3 is 0 Å². The summed E-state index contributed by atoms with van der Waals surface area (Å²) in [6.45, 7) is 0.432. The van der Waals surface area contributed by atoms with Gasteiger partial charge in [0.15, 0.2) is 0 Å². The van der Waals surface area contributed by atoms with Crippen LogP contribution >= 0.6 is 0 Å². The molecular weight excluding hydrogens is 298 g/mol. The molecule has 2 N–H and O–H groups in total. The summed E-state index contributed by atoms with van der Waals surface area (Å²) in [5.74, 6) is 0.143. The lowest BCUT2D eigenvalue weighted by Gasteiger charge is -2.16. The Morgan fingerprint density at radius 3 is 2.09 bits per heavy atom. The Morgan fingerprint density at radius 2 is 1.50 bits per heavy atom. The minimum absolute atomic E-state index is 0.0883. The maximum absolute atomic E-state index is 12.1. The Bertz CT molecular complexity index is 657. The van der Waals surface area contributed by atoms with Gasteiger partial charge in [-0.3, -0.25) is 0 Å². The van der Waals surface area contributed by atoms with E-state index in [2.05, 4.69) is 4.72 Å². The zero-order valence-corrected chi connectivity index (χ0v) is 13.2. The second-order valence-electron chi connectivity index (χ2n) is 5.12. The maximum Gasteiger partial charge on any atom is 0.240 e. The molecule has 0 aliphatic rings. The fourth-order valence-corrected chi connectivity index (χ4v) is 3.48. The first kappa shape index (κ1) is 16.7. The van der Waals surface area contributed by atoms with E-state index in [9.17, 15) is 13.5 Å². The minimum Gasteiger partial charge on any atom is -0.396 e. The van der Waals surface area contributed by atoms with Crippen LogP contribution in [0.4, 0.5) is 0 Å². The fraction of sp³-hybridized carbons (Fsp3) is 0.294. The Labute approximate surface area is 131 Å². The molecule has 0 aliphatic carbocycles. The monoisotopic (exact) mass is 319 g/mol. The molecule has 5 heteroatoms. The van der Waals surface area contributed by atoms with Crippen LogP contribution in [0.25, 0.3) is 0 Å². The first-order valence-electron chi connectivity index (χ1n) is 7.34. The number of hydrogen-bond acceptors (Lipinski definition) is 3. The predicted octanol–water partition coefficient (Wildman–Crippen LogP) is 2.52. The molecule has 0 amide bonds. The number of rotatable bonds is 8. The van der Waals surface area contributed by atoms with E-state index < -0.39 is 10.0 Å². The molecule has 0 aromatic heterocycles. The summed E-state index contributed by atoms with van der Waals surface area (Å²) in [5, 5.41) is 9.20. The summed E-state index contributed by atoms with van der Waals surface area (Å²) in [6.07, 6.45) is 1.27. The van der Waals surface area contributed by atoms with E-state index >= 15 is 0 Å². The van der Waals surface area contributed by atoms with E-state index in [0.29, 0.717) is 19.4 Å². The molecule has 0 fully saturated rings. The number of aliphatic hydroxyl groups excluding tert-OH is 1. The van der Waals surface area contributed by atoms with Gasteiger partial charge in [0.1, 0.15) is 0 Å². The summed E-state index contributed by atoms with van der Waals surface area (Å²) < 4.78 is 26.9. The minimum atomic E-state index is -3.47. The normalized spacial score (nSPS) is 13.0. The number of nitrogens with one attached hydrogen (secondary N) is 1. The van der Waals surface area contributed by atoms with Crippen molar-refractivity contribution in [2.24, 2.45) is 0 Å². The molecule has 118 valence electrons. The lowest BCUT2D eigenvalue weighted by atomic mass is 9.93. The second-order valence-corrected chi connectivity index (χ2v) is 6.89. The number of hydrogen-bond donors (Lipinski definition) is 2. The molecule has 0 spiro atoms. The summed E-state index contributed by atoms with van der Waals surface area (Å²) in [6, 6.07) is 18.2. The number of sulfonamides is 1. The Kier molecular flexibility index (Phi) is 6.12. The molecule has 0 saturated heterocycles. The number of aliphatic hydroxyl groups is 1. The highest BCUT2D eigenvalue weighted by atomic mass is 32.2. The average molecular weight is 319 g/mol. The third kappa shape index (κ3) is 4.66.